The number of aryl methyl sites for hydroxylation is 1. The number of nitrogens with zero attached hydrogens (tertiary/aromatic N) is 6. The number of piperidine rings is 2. The molecule has 6 heterocycles. The van der Waals surface area contributed by atoms with Crippen LogP contribution in [0.3, 0.4) is 0 Å². The van der Waals surface area contributed by atoms with Gasteiger partial charge in [-0.05, 0) is 48.4 Å². The average Bonchev–Trinajstić information content (AvgIpc) is 3.02. The molecule has 2 bridgehead atoms. The number of hydrogen-bond donors (Lipinski definition) is 0. The Labute approximate surface area is 187 Å². The van der Waals surface area contributed by atoms with Gasteiger partial charge in [0.25, 0.3) is 5.91 Å². The van der Waals surface area contributed by atoms with Crippen molar-refractivity contribution in [1.82, 2.24) is 24.0 Å². The van der Waals surface area contributed by atoms with E-state index in [2.05, 4.69) is 30.7 Å². The summed E-state index contributed by atoms with van der Waals surface area (Å²) < 4.78 is 3.44. The van der Waals surface area contributed by atoms with E-state index in [0.29, 0.717) is 23.7 Å². The average molecular weight is 435 g/mol. The Kier molecular flexibility index (Phi) is 4.83. The van der Waals surface area contributed by atoms with Crippen LogP contribution in [0.1, 0.15) is 44.0 Å². The second-order valence-electron chi connectivity index (χ2n) is 10.3. The molecule has 3 fully saturated rings. The summed E-state index contributed by atoms with van der Waals surface area (Å²) in [6.45, 7) is 8.63. The highest BCUT2D eigenvalue weighted by molar-refractivity contribution is 5.94. The van der Waals surface area contributed by atoms with Crippen LogP contribution in [-0.4, -0.2) is 49.2 Å². The molecule has 1 amide bonds. The zero-order valence-electron chi connectivity index (χ0n) is 19.2. The number of carbonyl (C=O) groups is 1. The fourth-order valence-corrected chi connectivity index (χ4v) is 5.07. The Morgan fingerprint density at radius 1 is 1.16 bits per heavy atom. The maximum Gasteiger partial charge on any atom is 0.330 e. The topological polar surface area (TPSA) is 76.3 Å². The summed E-state index contributed by atoms with van der Waals surface area (Å²) in [6.07, 6.45) is 5.31. The summed E-state index contributed by atoms with van der Waals surface area (Å²) in [5, 5.41) is 0. The highest BCUT2D eigenvalue weighted by Gasteiger charge is 2.42. The van der Waals surface area contributed by atoms with Gasteiger partial charge in [0.1, 0.15) is 12.0 Å². The van der Waals surface area contributed by atoms with Crippen LogP contribution >= 0.6 is 0 Å². The van der Waals surface area contributed by atoms with E-state index in [4.69, 9.17) is 4.98 Å². The molecule has 3 saturated heterocycles. The zero-order chi connectivity index (χ0) is 22.6. The molecule has 3 aliphatic heterocycles. The number of aromatic nitrogens is 4. The van der Waals surface area contributed by atoms with Crippen molar-refractivity contribution in [3.63, 3.8) is 0 Å². The van der Waals surface area contributed by atoms with Crippen molar-refractivity contribution < 1.29 is 4.79 Å². The SMILES string of the molecule is Cn1c(=O)n(CC(C)(C)C)c2ccc(N3C[C@@H]4CC[C@@H]3N(C(=O)c3cccnc3)C4)nc21. The lowest BCUT2D eigenvalue weighted by molar-refractivity contribution is 0.0397. The summed E-state index contributed by atoms with van der Waals surface area (Å²) in [5.74, 6) is 1.24. The third kappa shape index (κ3) is 3.47. The van der Waals surface area contributed by atoms with E-state index < -0.39 is 0 Å². The minimum Gasteiger partial charge on any atom is -0.336 e. The first-order valence-corrected chi connectivity index (χ1v) is 11.3. The van der Waals surface area contributed by atoms with Gasteiger partial charge in [-0.3, -0.25) is 18.9 Å². The summed E-state index contributed by atoms with van der Waals surface area (Å²) in [7, 11) is 1.78. The van der Waals surface area contributed by atoms with Crippen LogP contribution in [0.5, 0.6) is 0 Å². The molecule has 6 rings (SSSR count). The van der Waals surface area contributed by atoms with Crippen LogP contribution in [0.2, 0.25) is 0 Å². The Hall–Kier alpha value is -3.16. The Morgan fingerprint density at radius 3 is 2.66 bits per heavy atom. The van der Waals surface area contributed by atoms with Crippen molar-refractivity contribution in [1.29, 1.82) is 0 Å². The number of carbonyl (C=O) groups excluding carboxylic acids is 1. The Bertz CT molecular complexity index is 1220. The number of rotatable bonds is 3. The number of hydrogen-bond acceptors (Lipinski definition) is 5. The van der Waals surface area contributed by atoms with Gasteiger partial charge in [-0.25, -0.2) is 9.78 Å². The van der Waals surface area contributed by atoms with Gasteiger partial charge >= 0.3 is 5.69 Å². The van der Waals surface area contributed by atoms with Gasteiger partial charge in [-0.1, -0.05) is 20.8 Å². The minimum absolute atomic E-state index is 0.0160. The maximum absolute atomic E-state index is 13.2. The van der Waals surface area contributed by atoms with Crippen molar-refractivity contribution in [3.8, 4) is 0 Å². The van der Waals surface area contributed by atoms with E-state index in [-0.39, 0.29) is 23.2 Å². The van der Waals surface area contributed by atoms with Gasteiger partial charge in [0, 0.05) is 39.1 Å². The quantitative estimate of drug-likeness (QED) is 0.634. The van der Waals surface area contributed by atoms with E-state index in [1.807, 2.05) is 27.7 Å². The monoisotopic (exact) mass is 434 g/mol. The molecule has 168 valence electrons. The van der Waals surface area contributed by atoms with Crippen LogP contribution in [0, 0.1) is 11.3 Å². The minimum atomic E-state index is -0.0480. The largest absolute Gasteiger partial charge is 0.336 e. The van der Waals surface area contributed by atoms with E-state index in [1.165, 1.54) is 0 Å². The Morgan fingerprint density at radius 2 is 1.97 bits per heavy atom. The first-order valence-electron chi connectivity index (χ1n) is 11.3. The molecule has 0 aliphatic carbocycles. The molecule has 8 heteroatoms. The van der Waals surface area contributed by atoms with Crippen LogP contribution in [-0.2, 0) is 13.6 Å². The molecule has 3 aliphatic rings. The molecule has 0 spiro atoms. The molecule has 2 atom stereocenters. The summed E-state index contributed by atoms with van der Waals surface area (Å²) in [4.78, 5) is 39.3. The van der Waals surface area contributed by atoms with Crippen molar-refractivity contribution in [2.75, 3.05) is 18.0 Å². The van der Waals surface area contributed by atoms with E-state index in [9.17, 15) is 9.59 Å². The van der Waals surface area contributed by atoms with Crippen LogP contribution in [0.25, 0.3) is 11.2 Å². The lowest BCUT2D eigenvalue weighted by atomic mass is 9.89. The van der Waals surface area contributed by atoms with Gasteiger partial charge in [0.05, 0.1) is 11.1 Å². The normalized spacial score (nSPS) is 20.9. The molecule has 32 heavy (non-hydrogen) atoms. The predicted octanol–water partition coefficient (Wildman–Crippen LogP) is 2.87. The van der Waals surface area contributed by atoms with Gasteiger partial charge in [0.15, 0.2) is 5.65 Å². The van der Waals surface area contributed by atoms with Crippen molar-refractivity contribution >= 4 is 22.9 Å². The van der Waals surface area contributed by atoms with Gasteiger partial charge < -0.3 is 9.80 Å². The standard InChI is InChI=1S/C24H30N6O2/c1-24(2,3)15-30-18-8-9-19(26-21(18)27(4)23(30)32)28-13-16-7-10-20(28)29(14-16)22(31)17-6-5-11-25-12-17/h5-6,8-9,11-12,16,20H,7,10,13-15H2,1-4H3/t16-,20-/m0/s1. The van der Waals surface area contributed by atoms with E-state index in [0.717, 1.165) is 37.3 Å². The third-order valence-electron chi connectivity index (χ3n) is 6.52. The summed E-state index contributed by atoms with van der Waals surface area (Å²) in [5.41, 5.74) is 2.08. The van der Waals surface area contributed by atoms with Gasteiger partial charge in [-0.15, -0.1) is 0 Å². The lowest BCUT2D eigenvalue weighted by Gasteiger charge is -2.52. The molecular formula is C24H30N6O2. The molecule has 0 saturated carbocycles. The Balaban J connectivity index is 1.50. The van der Waals surface area contributed by atoms with E-state index >= 15 is 0 Å². The second-order valence-corrected chi connectivity index (χ2v) is 10.3. The van der Waals surface area contributed by atoms with Crippen LogP contribution in [0.4, 0.5) is 5.82 Å². The third-order valence-corrected chi connectivity index (χ3v) is 6.52. The molecule has 0 unspecified atom stereocenters. The fraction of sp³-hybridized carbons (Fsp3) is 0.500. The predicted molar refractivity (Wildman–Crippen MR) is 124 cm³/mol. The highest BCUT2D eigenvalue weighted by Crippen LogP contribution is 2.36. The van der Waals surface area contributed by atoms with Crippen LogP contribution in [0.15, 0.2) is 41.5 Å². The number of pyridine rings is 2. The molecule has 8 nitrogen and oxygen atoms in total. The summed E-state index contributed by atoms with van der Waals surface area (Å²) in [6, 6.07) is 7.61. The smallest absolute Gasteiger partial charge is 0.330 e. The first-order chi connectivity index (χ1) is 15.2. The first kappa shape index (κ1) is 20.7. The van der Waals surface area contributed by atoms with Crippen LogP contribution < -0.4 is 10.6 Å². The van der Waals surface area contributed by atoms with Gasteiger partial charge in [0.2, 0.25) is 0 Å². The highest BCUT2D eigenvalue weighted by atomic mass is 16.2. The number of imidazole rings is 1. The molecule has 3 aromatic heterocycles. The number of amides is 1. The lowest BCUT2D eigenvalue weighted by Crippen LogP contribution is -2.63. The number of anilines is 1. The summed E-state index contributed by atoms with van der Waals surface area (Å²) >= 11 is 0. The molecule has 0 radical (unpaired) electrons. The molecule has 0 N–H and O–H groups in total. The van der Waals surface area contributed by atoms with Gasteiger partial charge in [-0.2, -0.15) is 0 Å². The van der Waals surface area contributed by atoms with Crippen molar-refractivity contribution in [2.24, 2.45) is 18.4 Å². The number of fused-ring (bicyclic) bond motifs is 4. The van der Waals surface area contributed by atoms with E-state index in [1.54, 1.807) is 30.1 Å². The maximum atomic E-state index is 13.2. The van der Waals surface area contributed by atoms with Crippen molar-refractivity contribution in [2.45, 2.75) is 46.3 Å². The molecular weight excluding hydrogens is 404 g/mol. The zero-order valence-corrected chi connectivity index (χ0v) is 19.2. The van der Waals surface area contributed by atoms with Crippen molar-refractivity contribution in [3.05, 3.63) is 52.7 Å². The second kappa shape index (κ2) is 7.46. The molecule has 3 aromatic rings. The fourth-order valence-electron chi connectivity index (χ4n) is 5.07. The molecule has 0 aromatic carbocycles.